The fourth-order valence-corrected chi connectivity index (χ4v) is 2.93. The fourth-order valence-electron chi connectivity index (χ4n) is 2.29. The largest absolute Gasteiger partial charge is 0.479 e. The first-order valence-corrected chi connectivity index (χ1v) is 8.53. The van der Waals surface area contributed by atoms with Gasteiger partial charge in [0.1, 0.15) is 6.61 Å². The Morgan fingerprint density at radius 2 is 2.04 bits per heavy atom. The number of aromatic nitrogens is 1. The molecule has 6 nitrogen and oxygen atoms in total. The number of benzene rings is 1. The van der Waals surface area contributed by atoms with Gasteiger partial charge in [-0.25, -0.2) is 14.6 Å². The van der Waals surface area contributed by atoms with Gasteiger partial charge in [-0.3, -0.25) is 4.90 Å². The van der Waals surface area contributed by atoms with Crippen LogP contribution in [0.25, 0.3) is 0 Å². The van der Waals surface area contributed by atoms with Crippen LogP contribution in [-0.4, -0.2) is 33.6 Å². The van der Waals surface area contributed by atoms with E-state index in [1.165, 1.54) is 16.2 Å². The Balaban J connectivity index is 2.15. The van der Waals surface area contributed by atoms with E-state index in [-0.39, 0.29) is 13.2 Å². The number of amides is 1. The highest BCUT2D eigenvalue weighted by molar-refractivity contribution is 7.09. The summed E-state index contributed by atoms with van der Waals surface area (Å²) in [6.45, 7) is 4.05. The van der Waals surface area contributed by atoms with Crippen molar-refractivity contribution in [2.75, 3.05) is 6.54 Å². The monoisotopic (exact) mass is 348 g/mol. The summed E-state index contributed by atoms with van der Waals surface area (Å²) in [5.74, 6) is -1.12. The van der Waals surface area contributed by atoms with E-state index < -0.39 is 18.1 Å². The van der Waals surface area contributed by atoms with Crippen molar-refractivity contribution < 1.29 is 19.4 Å². The van der Waals surface area contributed by atoms with Gasteiger partial charge in [-0.05, 0) is 18.9 Å². The molecule has 1 N–H and O–H groups in total. The quantitative estimate of drug-likeness (QED) is 0.826. The Morgan fingerprint density at radius 3 is 2.58 bits per heavy atom. The number of hydrogen-bond donors (Lipinski definition) is 1. The first-order chi connectivity index (χ1) is 11.5. The maximum Gasteiger partial charge on any atom is 0.411 e. The van der Waals surface area contributed by atoms with Crippen LogP contribution in [-0.2, 0) is 16.1 Å². The fraction of sp³-hybridized carbons (Fsp3) is 0.353. The van der Waals surface area contributed by atoms with Gasteiger partial charge in [0, 0.05) is 11.9 Å². The van der Waals surface area contributed by atoms with Gasteiger partial charge < -0.3 is 9.84 Å². The lowest BCUT2D eigenvalue weighted by Gasteiger charge is -2.26. The highest BCUT2D eigenvalue weighted by atomic mass is 32.1. The molecule has 1 aromatic heterocycles. The summed E-state index contributed by atoms with van der Waals surface area (Å²) in [6, 6.07) is 8.13. The second-order valence-corrected chi connectivity index (χ2v) is 6.33. The lowest BCUT2D eigenvalue weighted by Crippen LogP contribution is -2.40. The molecule has 0 saturated heterocycles. The number of carbonyl (C=O) groups excluding carboxylic acids is 1. The van der Waals surface area contributed by atoms with E-state index in [9.17, 15) is 14.7 Å². The smallest absolute Gasteiger partial charge is 0.411 e. The van der Waals surface area contributed by atoms with Gasteiger partial charge in [-0.15, -0.1) is 11.3 Å². The molecule has 1 amide bonds. The van der Waals surface area contributed by atoms with Crippen LogP contribution in [0.5, 0.6) is 0 Å². The molecule has 0 aliphatic carbocycles. The third-order valence-electron chi connectivity index (χ3n) is 3.37. The zero-order valence-corrected chi connectivity index (χ0v) is 14.5. The molecular formula is C17H20N2O4S. The Kier molecular flexibility index (Phi) is 6.31. The van der Waals surface area contributed by atoms with E-state index in [0.717, 1.165) is 10.6 Å². The molecule has 0 spiro atoms. The minimum atomic E-state index is -1.14. The van der Waals surface area contributed by atoms with Gasteiger partial charge in [0.2, 0.25) is 0 Å². The number of thiazole rings is 1. The van der Waals surface area contributed by atoms with Crippen molar-refractivity contribution in [2.24, 2.45) is 0 Å². The average Bonchev–Trinajstić information content (AvgIpc) is 2.99. The van der Waals surface area contributed by atoms with E-state index in [1.54, 1.807) is 12.3 Å². The summed E-state index contributed by atoms with van der Waals surface area (Å²) in [5.41, 5.74) is 1.20. The first-order valence-electron chi connectivity index (χ1n) is 7.65. The summed E-state index contributed by atoms with van der Waals surface area (Å²) in [5, 5.41) is 12.0. The number of nitrogens with zero attached hydrogens (tertiary/aromatic N) is 2. The van der Waals surface area contributed by atoms with Crippen LogP contribution in [0.3, 0.4) is 0 Å². The zero-order valence-electron chi connectivity index (χ0n) is 13.6. The molecule has 0 radical (unpaired) electrons. The number of carboxylic acid groups (broad SMARTS) is 1. The SMILES string of the molecule is CCCN(C(=O)OCc1ccccc1)C(C(=O)O)c1csc(C)n1. The van der Waals surface area contributed by atoms with Crippen LogP contribution in [0.2, 0.25) is 0 Å². The molecule has 0 aliphatic heterocycles. The van der Waals surface area contributed by atoms with Crippen LogP contribution >= 0.6 is 11.3 Å². The van der Waals surface area contributed by atoms with Crippen molar-refractivity contribution in [3.63, 3.8) is 0 Å². The predicted molar refractivity (Wildman–Crippen MR) is 90.9 cm³/mol. The van der Waals surface area contributed by atoms with Crippen LogP contribution in [0.1, 0.15) is 35.7 Å². The normalized spacial score (nSPS) is 11.8. The number of aryl methyl sites for hydroxylation is 1. The van der Waals surface area contributed by atoms with E-state index in [1.807, 2.05) is 37.3 Å². The minimum Gasteiger partial charge on any atom is -0.479 e. The van der Waals surface area contributed by atoms with Crippen LogP contribution < -0.4 is 0 Å². The Morgan fingerprint density at radius 1 is 1.33 bits per heavy atom. The Labute approximate surface area is 144 Å². The van der Waals surface area contributed by atoms with E-state index in [4.69, 9.17) is 4.74 Å². The zero-order chi connectivity index (χ0) is 17.5. The molecule has 1 aromatic carbocycles. The molecule has 1 unspecified atom stereocenters. The average molecular weight is 348 g/mol. The molecule has 2 aromatic rings. The van der Waals surface area contributed by atoms with Gasteiger partial charge in [0.15, 0.2) is 6.04 Å². The molecule has 0 aliphatic rings. The molecular weight excluding hydrogens is 328 g/mol. The lowest BCUT2D eigenvalue weighted by atomic mass is 10.2. The highest BCUT2D eigenvalue weighted by Crippen LogP contribution is 2.24. The van der Waals surface area contributed by atoms with E-state index in [2.05, 4.69) is 4.98 Å². The predicted octanol–water partition coefficient (Wildman–Crippen LogP) is 3.63. The molecule has 1 heterocycles. The third-order valence-corrected chi connectivity index (χ3v) is 4.16. The number of ether oxygens (including phenoxy) is 1. The molecule has 0 fully saturated rings. The first kappa shape index (κ1) is 17.9. The Bertz CT molecular complexity index is 687. The van der Waals surface area contributed by atoms with Crippen molar-refractivity contribution in [1.82, 2.24) is 9.88 Å². The van der Waals surface area contributed by atoms with Gasteiger partial charge in [0.05, 0.1) is 10.7 Å². The van der Waals surface area contributed by atoms with Crippen LogP contribution in [0, 0.1) is 6.92 Å². The standard InChI is InChI=1S/C17H20N2O4S/c1-3-9-19(15(16(20)21)14-11-24-12(2)18-14)17(22)23-10-13-7-5-4-6-8-13/h4-8,11,15H,3,9-10H2,1-2H3,(H,20,21). The van der Waals surface area contributed by atoms with Crippen molar-refractivity contribution in [1.29, 1.82) is 0 Å². The van der Waals surface area contributed by atoms with E-state index >= 15 is 0 Å². The van der Waals surface area contributed by atoms with Crippen molar-refractivity contribution in [2.45, 2.75) is 32.9 Å². The number of carbonyl (C=O) groups is 2. The molecule has 7 heteroatoms. The highest BCUT2D eigenvalue weighted by Gasteiger charge is 2.33. The van der Waals surface area contributed by atoms with Gasteiger partial charge in [-0.2, -0.15) is 0 Å². The van der Waals surface area contributed by atoms with Crippen molar-refractivity contribution >= 4 is 23.4 Å². The van der Waals surface area contributed by atoms with Crippen LogP contribution in [0.4, 0.5) is 4.79 Å². The minimum absolute atomic E-state index is 0.0995. The maximum atomic E-state index is 12.4. The molecule has 128 valence electrons. The molecule has 2 rings (SSSR count). The number of rotatable bonds is 7. The third kappa shape index (κ3) is 4.55. The summed E-state index contributed by atoms with van der Waals surface area (Å²) in [7, 11) is 0. The molecule has 0 saturated carbocycles. The van der Waals surface area contributed by atoms with Crippen molar-refractivity contribution in [3.05, 3.63) is 52.0 Å². The summed E-state index contributed by atoms with van der Waals surface area (Å²) in [6.07, 6.45) is -0.0355. The summed E-state index contributed by atoms with van der Waals surface area (Å²) < 4.78 is 5.30. The second-order valence-electron chi connectivity index (χ2n) is 5.27. The van der Waals surface area contributed by atoms with Gasteiger partial charge in [0.25, 0.3) is 0 Å². The summed E-state index contributed by atoms with van der Waals surface area (Å²) in [4.78, 5) is 29.6. The topological polar surface area (TPSA) is 79.7 Å². The molecule has 0 bridgehead atoms. The van der Waals surface area contributed by atoms with Gasteiger partial charge in [-0.1, -0.05) is 37.3 Å². The van der Waals surface area contributed by atoms with E-state index in [0.29, 0.717) is 12.1 Å². The maximum absolute atomic E-state index is 12.4. The molecule has 1 atom stereocenters. The number of carboxylic acids is 1. The van der Waals surface area contributed by atoms with Crippen LogP contribution in [0.15, 0.2) is 35.7 Å². The second kappa shape index (κ2) is 8.44. The van der Waals surface area contributed by atoms with Crippen molar-refractivity contribution in [3.8, 4) is 0 Å². The van der Waals surface area contributed by atoms with Gasteiger partial charge >= 0.3 is 12.1 Å². The lowest BCUT2D eigenvalue weighted by molar-refractivity contribution is -0.143. The molecule has 24 heavy (non-hydrogen) atoms. The number of hydrogen-bond acceptors (Lipinski definition) is 5. The number of aliphatic carboxylic acids is 1. The summed E-state index contributed by atoms with van der Waals surface area (Å²) >= 11 is 1.35. The Hall–Kier alpha value is -2.41.